The molecular formula is C27H19ClF4N5O2+. The first-order valence-electron chi connectivity index (χ1n) is 11.5. The lowest BCUT2D eigenvalue weighted by Crippen LogP contribution is -2.25. The Labute approximate surface area is 223 Å². The summed E-state index contributed by atoms with van der Waals surface area (Å²) in [5, 5.41) is 17.3. The van der Waals surface area contributed by atoms with E-state index in [0.717, 1.165) is 23.9 Å². The quantitative estimate of drug-likeness (QED) is 0.235. The molecule has 3 heterocycles. The minimum atomic E-state index is -2.92. The molecule has 5 rings (SSSR count). The second-order valence-electron chi connectivity index (χ2n) is 8.65. The van der Waals surface area contributed by atoms with Gasteiger partial charge in [-0.1, -0.05) is 29.8 Å². The van der Waals surface area contributed by atoms with E-state index in [2.05, 4.69) is 15.2 Å². The maximum absolute atomic E-state index is 14.8. The molecule has 1 atom stereocenters. The van der Waals surface area contributed by atoms with Crippen molar-refractivity contribution in [1.82, 2.24) is 19.6 Å². The molecule has 0 unspecified atom stereocenters. The zero-order valence-corrected chi connectivity index (χ0v) is 20.7. The highest BCUT2D eigenvalue weighted by Crippen LogP contribution is 2.36. The molecule has 3 aromatic heterocycles. The average molecular weight is 557 g/mol. The molecule has 5 aromatic rings. The molecule has 0 aliphatic rings. The summed E-state index contributed by atoms with van der Waals surface area (Å²) in [4.78, 5) is 14.2. The van der Waals surface area contributed by atoms with Gasteiger partial charge in [0.2, 0.25) is 5.69 Å². The van der Waals surface area contributed by atoms with E-state index in [0.29, 0.717) is 11.3 Å². The SMILES string of the molecule is O=C(O)c1ccc(-c2cnn([C@@H](Cn3cc(F)cn3)c3ccc(-c4c(C(F)F)ccc(Cl)c4F)c[nH+]3)c2)cc1. The van der Waals surface area contributed by atoms with E-state index in [4.69, 9.17) is 16.7 Å². The maximum Gasteiger partial charge on any atom is 0.335 e. The number of nitrogens with zero attached hydrogens (tertiary/aromatic N) is 4. The second-order valence-corrected chi connectivity index (χ2v) is 9.05. The van der Waals surface area contributed by atoms with Crippen molar-refractivity contribution >= 4 is 17.6 Å². The third-order valence-corrected chi connectivity index (χ3v) is 6.49. The number of nitrogens with one attached hydrogen (secondary N) is 1. The summed E-state index contributed by atoms with van der Waals surface area (Å²) in [7, 11) is 0. The van der Waals surface area contributed by atoms with Gasteiger partial charge in [0.25, 0.3) is 6.43 Å². The van der Waals surface area contributed by atoms with E-state index >= 15 is 0 Å². The van der Waals surface area contributed by atoms with Gasteiger partial charge in [0.15, 0.2) is 18.1 Å². The number of carboxylic acids is 1. The summed E-state index contributed by atoms with van der Waals surface area (Å²) in [6, 6.07) is 11.0. The van der Waals surface area contributed by atoms with Crippen molar-refractivity contribution in [2.45, 2.75) is 19.0 Å². The van der Waals surface area contributed by atoms with Gasteiger partial charge in [-0.2, -0.15) is 10.2 Å². The zero-order valence-electron chi connectivity index (χ0n) is 19.9. The van der Waals surface area contributed by atoms with Crippen molar-refractivity contribution in [1.29, 1.82) is 0 Å². The van der Waals surface area contributed by atoms with E-state index in [1.54, 1.807) is 35.3 Å². The molecule has 7 nitrogen and oxygen atoms in total. The number of rotatable bonds is 8. The summed E-state index contributed by atoms with van der Waals surface area (Å²) in [6.45, 7) is 0.145. The number of H-pyrrole nitrogens is 1. The highest BCUT2D eigenvalue weighted by molar-refractivity contribution is 6.31. The monoisotopic (exact) mass is 556 g/mol. The van der Waals surface area contributed by atoms with Crippen molar-refractivity contribution in [3.63, 3.8) is 0 Å². The Hall–Kier alpha value is -4.51. The fourth-order valence-electron chi connectivity index (χ4n) is 4.24. The summed E-state index contributed by atoms with van der Waals surface area (Å²) in [5.74, 6) is -2.52. The van der Waals surface area contributed by atoms with Crippen LogP contribution < -0.4 is 4.98 Å². The number of aromatic amines is 1. The lowest BCUT2D eigenvalue weighted by Gasteiger charge is -2.15. The molecule has 0 bridgehead atoms. The fraction of sp³-hybridized carbons (Fsp3) is 0.111. The van der Waals surface area contributed by atoms with Gasteiger partial charge in [-0.25, -0.2) is 27.3 Å². The minimum Gasteiger partial charge on any atom is -0.478 e. The van der Waals surface area contributed by atoms with Gasteiger partial charge in [0.1, 0.15) is 5.82 Å². The minimum absolute atomic E-state index is 0.144. The number of carboxylic acid groups (broad SMARTS) is 1. The average Bonchev–Trinajstić information content (AvgIpc) is 3.58. The number of carbonyl (C=O) groups is 1. The molecule has 198 valence electrons. The normalized spacial score (nSPS) is 12.2. The number of hydrogen-bond donors (Lipinski definition) is 1. The van der Waals surface area contributed by atoms with Gasteiger partial charge in [-0.15, -0.1) is 0 Å². The molecule has 12 heteroatoms. The van der Waals surface area contributed by atoms with Gasteiger partial charge in [0, 0.05) is 34.5 Å². The smallest absolute Gasteiger partial charge is 0.335 e. The lowest BCUT2D eigenvalue weighted by molar-refractivity contribution is -0.393. The van der Waals surface area contributed by atoms with Crippen LogP contribution in [0.3, 0.4) is 0 Å². The number of aromatic carboxylic acids is 1. The van der Waals surface area contributed by atoms with Crippen LogP contribution in [0, 0.1) is 11.6 Å². The van der Waals surface area contributed by atoms with Crippen LogP contribution in [0.15, 0.2) is 79.5 Å². The van der Waals surface area contributed by atoms with Gasteiger partial charge < -0.3 is 5.11 Å². The van der Waals surface area contributed by atoms with Crippen LogP contribution in [-0.4, -0.2) is 30.6 Å². The number of halogens is 5. The zero-order chi connectivity index (χ0) is 27.7. The van der Waals surface area contributed by atoms with E-state index in [9.17, 15) is 22.4 Å². The van der Waals surface area contributed by atoms with E-state index < -0.39 is 35.6 Å². The van der Waals surface area contributed by atoms with Crippen molar-refractivity contribution in [3.05, 3.63) is 113 Å². The lowest BCUT2D eigenvalue weighted by atomic mass is 9.99. The van der Waals surface area contributed by atoms with E-state index in [-0.39, 0.29) is 28.3 Å². The van der Waals surface area contributed by atoms with Crippen LogP contribution in [0.4, 0.5) is 17.6 Å². The molecule has 39 heavy (non-hydrogen) atoms. The number of benzene rings is 2. The van der Waals surface area contributed by atoms with Gasteiger partial charge >= 0.3 is 5.97 Å². The molecule has 0 aliphatic carbocycles. The molecule has 2 N–H and O–H groups in total. The molecule has 0 saturated heterocycles. The van der Waals surface area contributed by atoms with Crippen LogP contribution in [0.2, 0.25) is 5.02 Å². The van der Waals surface area contributed by atoms with Crippen molar-refractivity contribution in [2.24, 2.45) is 0 Å². The number of hydrogen-bond acceptors (Lipinski definition) is 3. The first kappa shape index (κ1) is 26.1. The Morgan fingerprint density at radius 2 is 1.69 bits per heavy atom. The highest BCUT2D eigenvalue weighted by Gasteiger charge is 2.26. The highest BCUT2D eigenvalue weighted by atomic mass is 35.5. The van der Waals surface area contributed by atoms with Crippen LogP contribution in [-0.2, 0) is 6.54 Å². The Morgan fingerprint density at radius 3 is 2.31 bits per heavy atom. The molecular weight excluding hydrogens is 538 g/mol. The van der Waals surface area contributed by atoms with Gasteiger partial charge in [0.05, 0.1) is 35.7 Å². The van der Waals surface area contributed by atoms with Crippen LogP contribution in [0.25, 0.3) is 22.3 Å². The van der Waals surface area contributed by atoms with E-state index in [1.165, 1.54) is 35.3 Å². The first-order chi connectivity index (χ1) is 18.7. The summed E-state index contributed by atoms with van der Waals surface area (Å²) < 4.78 is 58.6. The molecule has 0 saturated carbocycles. The van der Waals surface area contributed by atoms with Crippen molar-refractivity contribution in [2.75, 3.05) is 0 Å². The second kappa shape index (κ2) is 10.7. The Kier molecular flexibility index (Phi) is 7.16. The number of pyridine rings is 1. The van der Waals surface area contributed by atoms with Crippen molar-refractivity contribution < 1.29 is 32.4 Å². The summed E-state index contributed by atoms with van der Waals surface area (Å²) in [5.41, 5.74) is 1.48. The Morgan fingerprint density at radius 1 is 0.949 bits per heavy atom. The molecule has 0 spiro atoms. The Bertz CT molecular complexity index is 1640. The van der Waals surface area contributed by atoms with Crippen LogP contribution in [0.1, 0.15) is 34.1 Å². The summed E-state index contributed by atoms with van der Waals surface area (Å²) in [6.07, 6.45) is 4.08. The Balaban J connectivity index is 1.52. The van der Waals surface area contributed by atoms with Gasteiger partial charge in [-0.3, -0.25) is 9.36 Å². The molecule has 0 fully saturated rings. The largest absolute Gasteiger partial charge is 0.478 e. The molecule has 0 amide bonds. The summed E-state index contributed by atoms with van der Waals surface area (Å²) >= 11 is 5.86. The molecule has 0 aliphatic heterocycles. The standard InChI is InChI=1S/C27H18ClF4N5O2/c28-21-7-6-20(26(31)32)24(25(21)30)17-5-8-22(33-9-17)23(14-36-13-19(29)11-34-36)37-12-18(10-35-37)15-1-3-16(4-2-15)27(38)39/h1-13,23,26H,14H2,(H,38,39)/p+1/t23-/m0/s1. The number of alkyl halides is 2. The molecule has 2 aromatic carbocycles. The predicted octanol–water partition coefficient (Wildman–Crippen LogP) is 6.08. The van der Waals surface area contributed by atoms with E-state index in [1.807, 2.05) is 0 Å². The van der Waals surface area contributed by atoms with Gasteiger partial charge in [-0.05, 0) is 29.8 Å². The number of aromatic nitrogens is 5. The topological polar surface area (TPSA) is 87.1 Å². The maximum atomic E-state index is 14.8. The first-order valence-corrected chi connectivity index (χ1v) is 11.9. The van der Waals surface area contributed by atoms with Crippen LogP contribution >= 0.6 is 11.6 Å². The van der Waals surface area contributed by atoms with Crippen LogP contribution in [0.5, 0.6) is 0 Å². The third kappa shape index (κ3) is 5.39. The molecule has 0 radical (unpaired) electrons. The fourth-order valence-corrected chi connectivity index (χ4v) is 4.40. The third-order valence-electron chi connectivity index (χ3n) is 6.19. The predicted molar refractivity (Wildman–Crippen MR) is 133 cm³/mol. The van der Waals surface area contributed by atoms with Crippen molar-refractivity contribution in [3.8, 4) is 22.3 Å².